The van der Waals surface area contributed by atoms with Crippen molar-refractivity contribution in [2.75, 3.05) is 46.1 Å². The van der Waals surface area contributed by atoms with Crippen molar-refractivity contribution in [3.8, 4) is 33.8 Å². The summed E-state index contributed by atoms with van der Waals surface area (Å²) in [7, 11) is 0. The minimum absolute atomic E-state index is 0.000146. The van der Waals surface area contributed by atoms with Crippen LogP contribution < -0.4 is 37.1 Å². The molecule has 0 spiro atoms. The van der Waals surface area contributed by atoms with Crippen molar-refractivity contribution in [1.82, 2.24) is 36.4 Å². The Kier molecular flexibility index (Phi) is 24.2. The summed E-state index contributed by atoms with van der Waals surface area (Å²) in [5.74, 6) is -7.71. The van der Waals surface area contributed by atoms with E-state index in [9.17, 15) is 64.2 Å². The highest BCUT2D eigenvalue weighted by Gasteiger charge is 2.50. The summed E-state index contributed by atoms with van der Waals surface area (Å²) < 4.78 is 17.5. The number of aliphatic hydroxyl groups is 5. The molecule has 13 N–H and O–H groups in total. The van der Waals surface area contributed by atoms with Crippen LogP contribution in [0.2, 0.25) is 0 Å². The Hall–Kier alpha value is -7.55. The molecule has 7 rings (SSSR count). The van der Waals surface area contributed by atoms with Crippen molar-refractivity contribution < 1.29 is 78.4 Å². The summed E-state index contributed by atoms with van der Waals surface area (Å²) in [6.07, 6.45) is -7.71. The van der Waals surface area contributed by atoms with Crippen LogP contribution in [-0.2, 0) is 38.2 Å². The fourth-order valence-corrected chi connectivity index (χ4v) is 10.9. The number of phenols is 1. The molecular weight excluding hydrogens is 1120 g/mol. The standard InChI is InChI=1S/C63H84N8O16/c1-6-7-8-28-86-46-23-19-41(20-24-46)39-11-9-38(10-12-39)40-13-15-43(16-14-40)57(78)65-47-25-26-49(87-31-30-85-29-27-64)66-61(82)53-54(75)36(4)33-71(53)63(84)51(37(5)72)68-60(81)52(56(77)55(76)42-17-21-44(73)22-18-42)69-59(80)48-32-45(74)34-70(48)62(83)50(35(2)3)67-58(47)79/h9-24,35-37,45,47-56,72-77H,6-8,25-34,64H2,1-5H3,(H,65,78)(H,66,82)(H,67,79)(H,68,81)(H,69,80)/t36-,37+,45+,47?,48?,49?,50?,51?,52?,53?,54-,55-,56-/m0/s1. The summed E-state index contributed by atoms with van der Waals surface area (Å²) in [5.41, 5.74) is 9.41. The summed E-state index contributed by atoms with van der Waals surface area (Å²) in [4.78, 5) is 104. The number of nitrogens with one attached hydrogen (secondary N) is 5. The molecule has 13 atom stereocenters. The highest BCUT2D eigenvalue weighted by molar-refractivity contribution is 6.00. The molecule has 0 aliphatic carbocycles. The number of rotatable bonds is 20. The molecule has 4 aromatic rings. The van der Waals surface area contributed by atoms with Gasteiger partial charge in [0.05, 0.1) is 44.7 Å². The number of nitrogens with zero attached hydrogens (tertiary/aromatic N) is 2. The van der Waals surface area contributed by atoms with Crippen molar-refractivity contribution in [1.29, 1.82) is 0 Å². The van der Waals surface area contributed by atoms with Gasteiger partial charge >= 0.3 is 0 Å². The molecule has 3 saturated heterocycles. The molecule has 0 saturated carbocycles. The number of phenolic OH excluding ortho intramolecular Hbond substituents is 1. The zero-order chi connectivity index (χ0) is 63.1. The third kappa shape index (κ3) is 17.4. The van der Waals surface area contributed by atoms with E-state index in [-0.39, 0.29) is 69.0 Å². The van der Waals surface area contributed by atoms with Gasteiger partial charge in [0.1, 0.15) is 66.2 Å². The SMILES string of the molecule is CCCCCOc1ccc(-c2ccc(-c3ccc(C(=O)NC4CCC(OCCOCCN)NC(=O)C5[C@@H](O)[C@@H](C)CN5C(=O)C([C@@H](C)O)NC(=O)C([C@H](O)[C@@H](O)c5ccc(O)cc5)NC(=O)C5C[C@@H](O)CN5C(=O)C(C(C)C)NC4=O)cc3)cc2)cc1. The molecule has 3 aliphatic heterocycles. The van der Waals surface area contributed by atoms with E-state index in [2.05, 4.69) is 33.5 Å². The highest BCUT2D eigenvalue weighted by atomic mass is 16.5. The molecule has 7 amide bonds. The smallest absolute Gasteiger partial charge is 0.251 e. The number of hydrogen-bond acceptors (Lipinski definition) is 17. The van der Waals surface area contributed by atoms with Gasteiger partial charge in [-0.3, -0.25) is 33.6 Å². The van der Waals surface area contributed by atoms with Crippen molar-refractivity contribution in [3.63, 3.8) is 0 Å². The van der Waals surface area contributed by atoms with Crippen LogP contribution in [0.4, 0.5) is 0 Å². The minimum atomic E-state index is -2.23. The Labute approximate surface area is 506 Å². The van der Waals surface area contributed by atoms with Crippen LogP contribution in [-0.4, -0.2) is 195 Å². The van der Waals surface area contributed by atoms with E-state index in [1.54, 1.807) is 45.0 Å². The van der Waals surface area contributed by atoms with Crippen LogP contribution >= 0.6 is 0 Å². The van der Waals surface area contributed by atoms with Gasteiger partial charge in [-0.2, -0.15) is 0 Å². The van der Waals surface area contributed by atoms with E-state index in [4.69, 9.17) is 19.9 Å². The molecule has 4 aromatic carbocycles. The number of amides is 7. The first-order valence-corrected chi connectivity index (χ1v) is 29.8. The summed E-state index contributed by atoms with van der Waals surface area (Å²) in [6, 6.07) is 17.2. The molecule has 3 heterocycles. The van der Waals surface area contributed by atoms with Crippen LogP contribution in [0.5, 0.6) is 11.5 Å². The normalized spacial score (nSPS) is 25.5. The van der Waals surface area contributed by atoms with E-state index in [0.29, 0.717) is 6.61 Å². The number of carbonyl (C=O) groups is 7. The van der Waals surface area contributed by atoms with Gasteiger partial charge in [0.2, 0.25) is 35.4 Å². The van der Waals surface area contributed by atoms with Crippen LogP contribution in [0.25, 0.3) is 22.3 Å². The molecule has 87 heavy (non-hydrogen) atoms. The highest BCUT2D eigenvalue weighted by Crippen LogP contribution is 2.30. The molecule has 7 unspecified atom stereocenters. The number of hydrogen-bond donors (Lipinski definition) is 12. The van der Waals surface area contributed by atoms with Crippen molar-refractivity contribution in [3.05, 3.63) is 108 Å². The van der Waals surface area contributed by atoms with E-state index in [1.807, 2.05) is 48.5 Å². The number of fused-ring (bicyclic) bond motifs is 2. The molecule has 24 heteroatoms. The Bertz CT molecular complexity index is 2950. The summed E-state index contributed by atoms with van der Waals surface area (Å²) in [6.45, 7) is 8.29. The fourth-order valence-electron chi connectivity index (χ4n) is 10.9. The van der Waals surface area contributed by atoms with Gasteiger partial charge in [-0.1, -0.05) is 101 Å². The summed E-state index contributed by atoms with van der Waals surface area (Å²) in [5, 5.41) is 80.0. The molecule has 0 bridgehead atoms. The number of unbranched alkanes of at least 4 members (excludes halogenated alkanes) is 2. The first-order chi connectivity index (χ1) is 41.6. The van der Waals surface area contributed by atoms with Crippen LogP contribution in [0, 0.1) is 11.8 Å². The third-order valence-corrected chi connectivity index (χ3v) is 15.9. The first-order valence-electron chi connectivity index (χ1n) is 29.8. The van der Waals surface area contributed by atoms with Crippen LogP contribution in [0.15, 0.2) is 97.1 Å². The van der Waals surface area contributed by atoms with Gasteiger partial charge < -0.3 is 87.0 Å². The van der Waals surface area contributed by atoms with Gasteiger partial charge in [-0.05, 0) is 96.3 Å². The molecule has 472 valence electrons. The number of carbonyl (C=O) groups excluding carboxylic acids is 7. The molecular formula is C63H84N8O16. The second-order valence-corrected chi connectivity index (χ2v) is 22.9. The maximum absolute atomic E-state index is 14.8. The predicted molar refractivity (Wildman–Crippen MR) is 319 cm³/mol. The molecule has 0 aromatic heterocycles. The van der Waals surface area contributed by atoms with E-state index >= 15 is 0 Å². The first kappa shape index (κ1) is 67.0. The Morgan fingerprint density at radius 1 is 0.667 bits per heavy atom. The lowest BCUT2D eigenvalue weighted by Crippen LogP contribution is -2.64. The molecule has 3 fully saturated rings. The predicted octanol–water partition coefficient (Wildman–Crippen LogP) is 1.38. The Morgan fingerprint density at radius 2 is 1.25 bits per heavy atom. The second kappa shape index (κ2) is 31.4. The van der Waals surface area contributed by atoms with Crippen molar-refractivity contribution in [2.24, 2.45) is 17.6 Å². The number of aromatic hydroxyl groups is 1. The Balaban J connectivity index is 1.21. The maximum Gasteiger partial charge on any atom is 0.251 e. The van der Waals surface area contributed by atoms with Crippen LogP contribution in [0.1, 0.15) is 95.2 Å². The third-order valence-electron chi connectivity index (χ3n) is 15.9. The quantitative estimate of drug-likeness (QED) is 0.0556. The average molecular weight is 1210 g/mol. The lowest BCUT2D eigenvalue weighted by molar-refractivity contribution is -0.148. The number of benzene rings is 4. The van der Waals surface area contributed by atoms with Gasteiger partial charge in [-0.25, -0.2) is 0 Å². The van der Waals surface area contributed by atoms with Crippen LogP contribution in [0.3, 0.4) is 0 Å². The number of ether oxygens (including phenoxy) is 3. The lowest BCUT2D eigenvalue weighted by atomic mass is 9.96. The minimum Gasteiger partial charge on any atom is -0.508 e. The maximum atomic E-state index is 14.8. The van der Waals surface area contributed by atoms with Crippen molar-refractivity contribution in [2.45, 2.75) is 146 Å². The lowest BCUT2D eigenvalue weighted by Gasteiger charge is -2.34. The van der Waals surface area contributed by atoms with E-state index in [0.717, 1.165) is 64.0 Å². The number of nitrogens with two attached hydrogens (primary N) is 1. The average Bonchev–Trinajstić information content (AvgIpc) is 1.96. The largest absolute Gasteiger partial charge is 0.508 e. The van der Waals surface area contributed by atoms with Gasteiger partial charge in [0.25, 0.3) is 5.91 Å². The van der Waals surface area contributed by atoms with Gasteiger partial charge in [0.15, 0.2) is 0 Å². The van der Waals surface area contributed by atoms with Gasteiger partial charge in [0, 0.05) is 37.5 Å². The second-order valence-electron chi connectivity index (χ2n) is 22.9. The monoisotopic (exact) mass is 1210 g/mol. The summed E-state index contributed by atoms with van der Waals surface area (Å²) >= 11 is 0. The molecule has 3 aliphatic rings. The van der Waals surface area contributed by atoms with Gasteiger partial charge in [-0.15, -0.1) is 0 Å². The molecule has 0 radical (unpaired) electrons. The zero-order valence-electron chi connectivity index (χ0n) is 49.8. The van der Waals surface area contributed by atoms with E-state index < -0.39 is 133 Å². The topological polar surface area (TPSA) is 361 Å². The van der Waals surface area contributed by atoms with Crippen molar-refractivity contribution >= 4 is 41.4 Å². The van der Waals surface area contributed by atoms with E-state index in [1.165, 1.54) is 24.3 Å². The fraction of sp³-hybridized carbons (Fsp3) is 0.508. The zero-order valence-corrected chi connectivity index (χ0v) is 49.8. The molecule has 24 nitrogen and oxygen atoms in total. The Morgan fingerprint density at radius 3 is 1.85 bits per heavy atom. The number of aliphatic hydroxyl groups excluding tert-OH is 5.